The predicted molar refractivity (Wildman–Crippen MR) is 61.9 cm³/mol. The Morgan fingerprint density at radius 3 is 2.06 bits per heavy atom. The number of carbonyl (C=O) groups is 4. The maximum atomic E-state index is 11.8. The van der Waals surface area contributed by atoms with Crippen molar-refractivity contribution in [1.29, 1.82) is 0 Å². The van der Waals surface area contributed by atoms with E-state index >= 15 is 0 Å². The van der Waals surface area contributed by atoms with Gasteiger partial charge in [0.15, 0.2) is 0 Å². The second-order valence-corrected chi connectivity index (χ2v) is 3.99. The number of hydrogen-bond donors (Lipinski definition) is 2. The molecule has 1 aliphatic rings. The van der Waals surface area contributed by atoms with E-state index in [2.05, 4.69) is 10.6 Å². The van der Waals surface area contributed by atoms with Gasteiger partial charge in [0.2, 0.25) is 11.8 Å². The first-order valence-corrected chi connectivity index (χ1v) is 5.45. The third-order valence-corrected chi connectivity index (χ3v) is 2.39. The summed E-state index contributed by atoms with van der Waals surface area (Å²) >= 11 is 0. The molecule has 0 aromatic heterocycles. The van der Waals surface area contributed by atoms with Crippen molar-refractivity contribution in [3.63, 3.8) is 0 Å². The Morgan fingerprint density at radius 2 is 1.61 bits per heavy atom. The second kappa shape index (κ2) is 5.44. The molecule has 0 aliphatic carbocycles. The predicted octanol–water partition coefficient (Wildman–Crippen LogP) is -1.10. The summed E-state index contributed by atoms with van der Waals surface area (Å²) in [7, 11) is 0. The first-order valence-electron chi connectivity index (χ1n) is 5.45. The van der Waals surface area contributed by atoms with E-state index < -0.39 is 29.9 Å². The van der Waals surface area contributed by atoms with E-state index in [1.54, 1.807) is 6.92 Å². The van der Waals surface area contributed by atoms with Gasteiger partial charge in [0.1, 0.15) is 6.04 Å². The lowest BCUT2D eigenvalue weighted by molar-refractivity contribution is -0.145. The van der Waals surface area contributed by atoms with E-state index in [1.165, 1.54) is 13.8 Å². The van der Waals surface area contributed by atoms with Gasteiger partial charge in [0, 0.05) is 19.1 Å². The molecule has 7 nitrogen and oxygen atoms in total. The van der Waals surface area contributed by atoms with Gasteiger partial charge >= 0.3 is 0 Å². The minimum atomic E-state index is -0.920. The average molecular weight is 253 g/mol. The van der Waals surface area contributed by atoms with Crippen LogP contribution in [0.4, 0.5) is 0 Å². The highest BCUT2D eigenvalue weighted by molar-refractivity contribution is 6.15. The molecule has 98 valence electrons. The van der Waals surface area contributed by atoms with Crippen LogP contribution in [0.25, 0.3) is 0 Å². The molecule has 0 spiro atoms. The van der Waals surface area contributed by atoms with Crippen molar-refractivity contribution < 1.29 is 19.2 Å². The Balaban J connectivity index is 2.59. The molecule has 18 heavy (non-hydrogen) atoms. The molecule has 2 atom stereocenters. The normalized spacial score (nSPS) is 17.6. The van der Waals surface area contributed by atoms with Gasteiger partial charge in [-0.25, -0.2) is 0 Å². The van der Waals surface area contributed by atoms with Crippen LogP contribution in [-0.4, -0.2) is 40.7 Å². The molecule has 1 aliphatic heterocycles. The van der Waals surface area contributed by atoms with E-state index in [-0.39, 0.29) is 5.91 Å². The maximum Gasteiger partial charge on any atom is 0.254 e. The van der Waals surface area contributed by atoms with Gasteiger partial charge in [-0.1, -0.05) is 0 Å². The summed E-state index contributed by atoms with van der Waals surface area (Å²) in [4.78, 5) is 46.1. The van der Waals surface area contributed by atoms with Crippen LogP contribution in [0.3, 0.4) is 0 Å². The molecule has 4 amide bonds. The maximum absolute atomic E-state index is 11.8. The van der Waals surface area contributed by atoms with Crippen molar-refractivity contribution in [3.05, 3.63) is 12.2 Å². The van der Waals surface area contributed by atoms with Crippen LogP contribution in [0.5, 0.6) is 0 Å². The number of imide groups is 1. The van der Waals surface area contributed by atoms with Gasteiger partial charge in [-0.2, -0.15) is 0 Å². The second-order valence-electron chi connectivity index (χ2n) is 3.99. The third kappa shape index (κ3) is 3.16. The zero-order chi connectivity index (χ0) is 13.9. The highest BCUT2D eigenvalue weighted by Gasteiger charge is 2.32. The van der Waals surface area contributed by atoms with Crippen molar-refractivity contribution in [1.82, 2.24) is 15.5 Å². The summed E-state index contributed by atoms with van der Waals surface area (Å²) in [6, 6.07) is -0.920. The summed E-state index contributed by atoms with van der Waals surface area (Å²) < 4.78 is 0. The zero-order valence-corrected chi connectivity index (χ0v) is 10.4. The first-order chi connectivity index (χ1) is 8.32. The molecular weight excluding hydrogens is 238 g/mol. The molecule has 2 N–H and O–H groups in total. The van der Waals surface area contributed by atoms with Crippen LogP contribution >= 0.6 is 0 Å². The molecule has 0 saturated carbocycles. The molecule has 0 saturated heterocycles. The average Bonchev–Trinajstić information content (AvgIpc) is 2.56. The van der Waals surface area contributed by atoms with Crippen LogP contribution < -0.4 is 10.6 Å². The van der Waals surface area contributed by atoms with Crippen LogP contribution in [0.15, 0.2) is 12.2 Å². The van der Waals surface area contributed by atoms with Gasteiger partial charge in [-0.15, -0.1) is 0 Å². The van der Waals surface area contributed by atoms with Gasteiger partial charge in [-0.05, 0) is 13.8 Å². The number of hydrogen-bond acceptors (Lipinski definition) is 4. The Kier molecular flexibility index (Phi) is 4.19. The number of nitrogens with zero attached hydrogens (tertiary/aromatic N) is 1. The summed E-state index contributed by atoms with van der Waals surface area (Å²) in [5.74, 6) is -1.84. The SMILES string of the molecule is CC(=O)NC(C)NC(=O)C(C)N1C(=O)C=CC1=O. The van der Waals surface area contributed by atoms with E-state index in [0.717, 1.165) is 17.1 Å². The highest BCUT2D eigenvalue weighted by atomic mass is 16.2. The minimum Gasteiger partial charge on any atom is -0.337 e. The first kappa shape index (κ1) is 13.9. The third-order valence-electron chi connectivity index (χ3n) is 2.39. The summed E-state index contributed by atoms with van der Waals surface area (Å²) in [6.45, 7) is 4.35. The fourth-order valence-electron chi connectivity index (χ4n) is 1.59. The van der Waals surface area contributed by atoms with Gasteiger partial charge in [0.05, 0.1) is 6.17 Å². The largest absolute Gasteiger partial charge is 0.337 e. The minimum absolute atomic E-state index is 0.287. The fraction of sp³-hybridized carbons (Fsp3) is 0.455. The topological polar surface area (TPSA) is 95.6 Å². The fourth-order valence-corrected chi connectivity index (χ4v) is 1.59. The molecular formula is C11H15N3O4. The number of carbonyl (C=O) groups excluding carboxylic acids is 4. The molecule has 0 aromatic carbocycles. The van der Waals surface area contributed by atoms with E-state index in [9.17, 15) is 19.2 Å². The van der Waals surface area contributed by atoms with Gasteiger partial charge < -0.3 is 10.6 Å². The zero-order valence-electron chi connectivity index (χ0n) is 10.4. The van der Waals surface area contributed by atoms with Crippen molar-refractivity contribution in [2.24, 2.45) is 0 Å². The van der Waals surface area contributed by atoms with Gasteiger partial charge in [-0.3, -0.25) is 24.1 Å². The van der Waals surface area contributed by atoms with Crippen LogP contribution in [0.2, 0.25) is 0 Å². The number of rotatable bonds is 4. The molecule has 0 radical (unpaired) electrons. The highest BCUT2D eigenvalue weighted by Crippen LogP contribution is 2.08. The molecule has 7 heteroatoms. The summed E-state index contributed by atoms with van der Waals surface area (Å²) in [6.07, 6.45) is 1.66. The lowest BCUT2D eigenvalue weighted by Gasteiger charge is -2.23. The van der Waals surface area contributed by atoms with Gasteiger partial charge in [0.25, 0.3) is 11.8 Å². The van der Waals surface area contributed by atoms with Crippen molar-refractivity contribution in [2.75, 3.05) is 0 Å². The Morgan fingerprint density at radius 1 is 1.11 bits per heavy atom. The molecule has 1 rings (SSSR count). The Labute approximate surface area is 104 Å². The van der Waals surface area contributed by atoms with Crippen molar-refractivity contribution >= 4 is 23.6 Å². The van der Waals surface area contributed by atoms with Crippen LogP contribution in [0, 0.1) is 0 Å². The van der Waals surface area contributed by atoms with Crippen LogP contribution in [-0.2, 0) is 19.2 Å². The van der Waals surface area contributed by atoms with Crippen molar-refractivity contribution in [3.8, 4) is 0 Å². The van der Waals surface area contributed by atoms with Crippen molar-refractivity contribution in [2.45, 2.75) is 33.0 Å². The standard InChI is InChI=1S/C11H15N3O4/c1-6(14-9(16)4-5-10(14)17)11(18)13-7(2)12-8(3)15/h4-7H,1-3H3,(H,12,15)(H,13,18). The lowest BCUT2D eigenvalue weighted by atomic mass is 10.2. The lowest BCUT2D eigenvalue weighted by Crippen LogP contribution is -2.53. The van der Waals surface area contributed by atoms with E-state index in [4.69, 9.17) is 0 Å². The molecule has 1 heterocycles. The molecule has 2 unspecified atom stereocenters. The molecule has 0 aromatic rings. The monoisotopic (exact) mass is 253 g/mol. The Hall–Kier alpha value is -2.18. The molecule has 0 fully saturated rings. The van der Waals surface area contributed by atoms with E-state index in [1.807, 2.05) is 0 Å². The quantitative estimate of drug-likeness (QED) is 0.491. The molecule has 0 bridgehead atoms. The number of amides is 4. The smallest absolute Gasteiger partial charge is 0.254 e. The van der Waals surface area contributed by atoms with E-state index in [0.29, 0.717) is 0 Å². The number of nitrogens with one attached hydrogen (secondary N) is 2. The summed E-state index contributed by atoms with van der Waals surface area (Å²) in [5, 5.41) is 4.95. The summed E-state index contributed by atoms with van der Waals surface area (Å²) in [5.41, 5.74) is 0. The Bertz CT molecular complexity index is 412. The van der Waals surface area contributed by atoms with Crippen LogP contribution in [0.1, 0.15) is 20.8 Å².